The van der Waals surface area contributed by atoms with E-state index < -0.39 is 11.8 Å². The fourth-order valence-corrected chi connectivity index (χ4v) is 1.23. The molecule has 0 aliphatic rings. The third-order valence-electron chi connectivity index (χ3n) is 1.14. The number of halogens is 3. The van der Waals surface area contributed by atoms with Crippen LogP contribution in [-0.4, -0.2) is 11.1 Å². The highest BCUT2D eigenvalue weighted by Gasteiger charge is 2.09. The Morgan fingerprint density at radius 1 is 1.62 bits per heavy atom. The maximum absolute atomic E-state index is 12.5. The molecule has 70 valence electrons. The number of rotatable bonds is 2. The van der Waals surface area contributed by atoms with Gasteiger partial charge in [-0.15, -0.1) is 0 Å². The van der Waals surface area contributed by atoms with Crippen LogP contribution in [0.1, 0.15) is 5.76 Å². The van der Waals surface area contributed by atoms with Crippen LogP contribution in [0.3, 0.4) is 0 Å². The van der Waals surface area contributed by atoms with Crippen LogP contribution in [-0.2, 0) is 4.79 Å². The Morgan fingerprint density at radius 2 is 2.23 bits per heavy atom. The largest absolute Gasteiger partial charge is 0.476 e. The maximum Gasteiger partial charge on any atom is 0.364 e. The molecule has 6 heteroatoms. The zero-order valence-electron chi connectivity index (χ0n) is 6.05. The van der Waals surface area contributed by atoms with Gasteiger partial charge in [0.25, 0.3) is 0 Å². The fraction of sp³-hybridized carbons (Fsp3) is 0. The first-order chi connectivity index (χ1) is 6.00. The van der Waals surface area contributed by atoms with Gasteiger partial charge in [-0.05, 0) is 37.9 Å². The third-order valence-corrected chi connectivity index (χ3v) is 2.85. The highest BCUT2D eigenvalue weighted by molar-refractivity contribution is 9.13. The second-order valence-electron chi connectivity index (χ2n) is 2.07. The summed E-state index contributed by atoms with van der Waals surface area (Å²) in [6, 6.07) is 1.45. The average molecular weight is 314 g/mol. The molecule has 0 saturated heterocycles. The molecule has 0 bridgehead atoms. The Kier molecular flexibility index (Phi) is 3.27. The van der Waals surface area contributed by atoms with E-state index >= 15 is 0 Å². The molecule has 0 radical (unpaired) electrons. The van der Waals surface area contributed by atoms with Crippen LogP contribution in [0.4, 0.5) is 4.39 Å². The van der Waals surface area contributed by atoms with E-state index in [9.17, 15) is 9.18 Å². The van der Waals surface area contributed by atoms with Gasteiger partial charge in [0, 0.05) is 6.08 Å². The van der Waals surface area contributed by atoms with Crippen molar-refractivity contribution in [1.29, 1.82) is 0 Å². The lowest BCUT2D eigenvalue weighted by molar-refractivity contribution is -0.134. The normalized spacial score (nSPS) is 11.8. The summed E-state index contributed by atoms with van der Waals surface area (Å²) in [5.41, 5.74) is 0. The molecule has 0 atom stereocenters. The second kappa shape index (κ2) is 4.06. The standard InChI is InChI=1S/C7H3Br2FO3/c8-4-1-3(13-6(4)9)2-5(10)7(11)12/h1-2H,(H,11,12)/b5-2-. The van der Waals surface area contributed by atoms with Crippen molar-refractivity contribution >= 4 is 43.9 Å². The lowest BCUT2D eigenvalue weighted by Gasteiger charge is -1.85. The van der Waals surface area contributed by atoms with E-state index in [1.807, 2.05) is 0 Å². The zero-order valence-corrected chi connectivity index (χ0v) is 9.22. The molecule has 0 spiro atoms. The van der Waals surface area contributed by atoms with E-state index in [1.54, 1.807) is 0 Å². The summed E-state index contributed by atoms with van der Waals surface area (Å²) in [5, 5.41) is 8.21. The summed E-state index contributed by atoms with van der Waals surface area (Å²) in [6.45, 7) is 0. The first kappa shape index (κ1) is 10.5. The molecular formula is C7H3Br2FO3. The zero-order chi connectivity index (χ0) is 10.0. The molecule has 0 saturated carbocycles. The Morgan fingerprint density at radius 3 is 2.62 bits per heavy atom. The Hall–Kier alpha value is -0.620. The van der Waals surface area contributed by atoms with Crippen molar-refractivity contribution in [2.75, 3.05) is 0 Å². The smallest absolute Gasteiger partial charge is 0.364 e. The number of carbonyl (C=O) groups is 1. The first-order valence-corrected chi connectivity index (χ1v) is 4.64. The minimum Gasteiger partial charge on any atom is -0.476 e. The number of furan rings is 1. The van der Waals surface area contributed by atoms with E-state index in [-0.39, 0.29) is 5.76 Å². The van der Waals surface area contributed by atoms with Gasteiger partial charge in [-0.2, -0.15) is 4.39 Å². The fourth-order valence-electron chi connectivity index (χ4n) is 0.621. The Labute approximate surface area is 89.5 Å². The van der Waals surface area contributed by atoms with Crippen molar-refractivity contribution in [2.45, 2.75) is 0 Å². The van der Waals surface area contributed by atoms with Crippen molar-refractivity contribution in [3.8, 4) is 0 Å². The van der Waals surface area contributed by atoms with Crippen molar-refractivity contribution < 1.29 is 18.7 Å². The third kappa shape index (κ3) is 2.67. The van der Waals surface area contributed by atoms with Crippen LogP contribution >= 0.6 is 31.9 Å². The van der Waals surface area contributed by atoms with Gasteiger partial charge in [-0.25, -0.2) is 4.79 Å². The van der Waals surface area contributed by atoms with Crippen LogP contribution in [0.15, 0.2) is 25.5 Å². The van der Waals surface area contributed by atoms with Crippen molar-refractivity contribution in [2.24, 2.45) is 0 Å². The van der Waals surface area contributed by atoms with Crippen LogP contribution < -0.4 is 0 Å². The quantitative estimate of drug-likeness (QED) is 0.853. The molecule has 1 aromatic heterocycles. The number of hydrogen-bond donors (Lipinski definition) is 1. The van der Waals surface area contributed by atoms with Crippen LogP contribution in [0.2, 0.25) is 0 Å². The molecule has 0 fully saturated rings. The molecule has 1 heterocycles. The lowest BCUT2D eigenvalue weighted by atomic mass is 10.4. The van der Waals surface area contributed by atoms with Gasteiger partial charge in [0.15, 0.2) is 4.67 Å². The van der Waals surface area contributed by atoms with Crippen LogP contribution in [0.5, 0.6) is 0 Å². The molecule has 1 rings (SSSR count). The molecule has 0 unspecified atom stereocenters. The number of carboxylic acids is 1. The van der Waals surface area contributed by atoms with E-state index in [0.29, 0.717) is 9.14 Å². The van der Waals surface area contributed by atoms with E-state index in [1.165, 1.54) is 6.07 Å². The molecule has 0 aliphatic carbocycles. The van der Waals surface area contributed by atoms with Gasteiger partial charge in [0.1, 0.15) is 5.76 Å². The number of hydrogen-bond acceptors (Lipinski definition) is 2. The summed E-state index contributed by atoms with van der Waals surface area (Å²) in [7, 11) is 0. The second-order valence-corrected chi connectivity index (χ2v) is 3.64. The van der Waals surface area contributed by atoms with E-state index in [0.717, 1.165) is 6.08 Å². The molecule has 13 heavy (non-hydrogen) atoms. The first-order valence-electron chi connectivity index (χ1n) is 3.06. The topological polar surface area (TPSA) is 50.4 Å². The van der Waals surface area contributed by atoms with Crippen molar-refractivity contribution in [3.63, 3.8) is 0 Å². The van der Waals surface area contributed by atoms with Gasteiger partial charge >= 0.3 is 5.97 Å². The molecule has 0 aliphatic heterocycles. The summed E-state index contributed by atoms with van der Waals surface area (Å²) in [6.07, 6.45) is 0.790. The predicted octanol–water partition coefficient (Wildman–Crippen LogP) is 3.20. The maximum atomic E-state index is 12.5. The highest BCUT2D eigenvalue weighted by Crippen LogP contribution is 2.27. The molecule has 0 amide bonds. The minimum absolute atomic E-state index is 0.124. The van der Waals surface area contributed by atoms with Crippen LogP contribution in [0.25, 0.3) is 6.08 Å². The van der Waals surface area contributed by atoms with E-state index in [2.05, 4.69) is 31.9 Å². The van der Waals surface area contributed by atoms with Gasteiger partial charge in [-0.1, -0.05) is 0 Å². The molecule has 0 aromatic carbocycles. The number of aliphatic carboxylic acids is 1. The molecule has 3 nitrogen and oxygen atoms in total. The summed E-state index contributed by atoms with van der Waals surface area (Å²) in [4.78, 5) is 10.1. The van der Waals surface area contributed by atoms with Gasteiger partial charge in [0.2, 0.25) is 5.83 Å². The molecule has 1 aromatic rings. The summed E-state index contributed by atoms with van der Waals surface area (Å²) < 4.78 is 18.4. The summed E-state index contributed by atoms with van der Waals surface area (Å²) in [5.74, 6) is -2.77. The van der Waals surface area contributed by atoms with Gasteiger partial charge in [0.05, 0.1) is 4.47 Å². The monoisotopic (exact) mass is 312 g/mol. The Balaban J connectivity index is 2.98. The average Bonchev–Trinajstić information content (AvgIpc) is 2.31. The van der Waals surface area contributed by atoms with Crippen LogP contribution in [0, 0.1) is 0 Å². The SMILES string of the molecule is O=C(O)/C(F)=C/c1cc(Br)c(Br)o1. The molecule has 1 N–H and O–H groups in total. The van der Waals surface area contributed by atoms with E-state index in [4.69, 9.17) is 9.52 Å². The highest BCUT2D eigenvalue weighted by atomic mass is 79.9. The van der Waals surface area contributed by atoms with Gasteiger partial charge in [-0.3, -0.25) is 0 Å². The Bertz CT molecular complexity index is 350. The van der Waals surface area contributed by atoms with Crippen molar-refractivity contribution in [3.05, 3.63) is 26.8 Å². The summed E-state index contributed by atoms with van der Waals surface area (Å²) >= 11 is 6.13. The minimum atomic E-state index is -1.62. The lowest BCUT2D eigenvalue weighted by Crippen LogP contribution is -1.93. The van der Waals surface area contributed by atoms with Gasteiger partial charge < -0.3 is 9.52 Å². The van der Waals surface area contributed by atoms with Crippen molar-refractivity contribution in [1.82, 2.24) is 0 Å². The predicted molar refractivity (Wildman–Crippen MR) is 50.8 cm³/mol. The molecular weight excluding hydrogens is 311 g/mol. The number of carboxylic acid groups (broad SMARTS) is 1.